The van der Waals surface area contributed by atoms with Gasteiger partial charge in [0.25, 0.3) is 5.69 Å². The number of carbonyl (C=O) groups is 3. The molecule has 1 amide bonds. The van der Waals surface area contributed by atoms with Crippen LogP contribution in [0, 0.1) is 16.0 Å². The number of amides is 1. The number of hydrogen-bond acceptors (Lipinski definition) is 7. The van der Waals surface area contributed by atoms with Gasteiger partial charge in [-0.15, -0.1) is 0 Å². The van der Waals surface area contributed by atoms with Gasteiger partial charge >= 0.3 is 0 Å². The maximum absolute atomic E-state index is 14.5. The predicted octanol–water partition coefficient (Wildman–Crippen LogP) is 5.04. The van der Waals surface area contributed by atoms with Crippen LogP contribution in [0.25, 0.3) is 6.08 Å². The molecule has 1 aromatic heterocycles. The molecule has 9 nitrogen and oxygen atoms in total. The van der Waals surface area contributed by atoms with Crippen molar-refractivity contribution in [2.45, 2.75) is 17.5 Å². The van der Waals surface area contributed by atoms with Crippen molar-refractivity contribution in [2.24, 2.45) is 5.92 Å². The van der Waals surface area contributed by atoms with Crippen LogP contribution in [0.1, 0.15) is 32.0 Å². The number of fused-ring (bicyclic) bond motifs is 6. The average Bonchev–Trinajstić information content (AvgIpc) is 3.69. The normalized spacial score (nSPS) is 23.9. The number of benzene rings is 3. The van der Waals surface area contributed by atoms with Gasteiger partial charge in [-0.2, -0.15) is 0 Å². The Bertz CT molecular complexity index is 1760. The molecule has 1 spiro atoms. The molecule has 4 aromatic rings. The number of non-ortho nitro benzene ring substituents is 1. The number of furan rings is 1. The molecular formula is C31H21N3O6. The third kappa shape index (κ3) is 3.11. The Kier molecular flexibility index (Phi) is 5.11. The first-order valence-corrected chi connectivity index (χ1v) is 12.8. The van der Waals surface area contributed by atoms with E-state index in [1.165, 1.54) is 36.6 Å². The quantitative estimate of drug-likeness (QED) is 0.217. The lowest BCUT2D eigenvalue weighted by atomic mass is 9.64. The van der Waals surface area contributed by atoms with Gasteiger partial charge in [0.1, 0.15) is 11.5 Å². The number of nitro benzene ring substituents is 1. The molecule has 7 rings (SSSR count). The van der Waals surface area contributed by atoms with Crippen LogP contribution in [-0.4, -0.2) is 34.5 Å². The molecule has 0 aliphatic carbocycles. The van der Waals surface area contributed by atoms with Crippen LogP contribution >= 0.6 is 0 Å². The van der Waals surface area contributed by atoms with Crippen LogP contribution < -0.4 is 10.2 Å². The van der Waals surface area contributed by atoms with E-state index in [-0.39, 0.29) is 17.0 Å². The number of hydrogen-bond donors (Lipinski definition) is 1. The second-order valence-electron chi connectivity index (χ2n) is 10.1. The van der Waals surface area contributed by atoms with Gasteiger partial charge in [0.2, 0.25) is 11.7 Å². The Morgan fingerprint density at radius 2 is 1.75 bits per heavy atom. The highest BCUT2D eigenvalue weighted by molar-refractivity contribution is 6.18. The van der Waals surface area contributed by atoms with Gasteiger partial charge in [0.15, 0.2) is 11.5 Å². The first-order valence-electron chi connectivity index (χ1n) is 12.8. The number of nitro groups is 1. The van der Waals surface area contributed by atoms with Crippen molar-refractivity contribution in [3.8, 4) is 0 Å². The summed E-state index contributed by atoms with van der Waals surface area (Å²) in [7, 11) is 0. The number of nitrogens with one attached hydrogen (secondary N) is 1. The van der Waals surface area contributed by atoms with Crippen LogP contribution in [0.15, 0.2) is 102 Å². The lowest BCUT2D eigenvalue weighted by Crippen LogP contribution is -2.51. The molecule has 0 radical (unpaired) electrons. The summed E-state index contributed by atoms with van der Waals surface area (Å²) >= 11 is 0. The summed E-state index contributed by atoms with van der Waals surface area (Å²) in [5.74, 6) is -2.59. The molecule has 40 heavy (non-hydrogen) atoms. The molecule has 1 fully saturated rings. The summed E-state index contributed by atoms with van der Waals surface area (Å²) in [4.78, 5) is 56.0. The van der Waals surface area contributed by atoms with Crippen molar-refractivity contribution in [3.05, 3.63) is 130 Å². The zero-order chi connectivity index (χ0) is 27.6. The van der Waals surface area contributed by atoms with Gasteiger partial charge in [-0.05, 0) is 35.4 Å². The number of Topliss-reactive ketones (excluding diaryl/α,β-unsaturated/α-hetero) is 2. The summed E-state index contributed by atoms with van der Waals surface area (Å²) < 4.78 is 5.52. The molecule has 4 atom stereocenters. The molecule has 4 heterocycles. The molecule has 3 aliphatic rings. The summed E-state index contributed by atoms with van der Waals surface area (Å²) in [5.41, 5.74) is 1.04. The second-order valence-corrected chi connectivity index (χ2v) is 10.1. The minimum absolute atomic E-state index is 0.0236. The van der Waals surface area contributed by atoms with Crippen molar-refractivity contribution in [1.29, 1.82) is 0 Å². The van der Waals surface area contributed by atoms with E-state index < -0.39 is 45.8 Å². The van der Waals surface area contributed by atoms with E-state index in [1.54, 1.807) is 24.3 Å². The second kappa shape index (κ2) is 8.60. The van der Waals surface area contributed by atoms with E-state index in [9.17, 15) is 24.5 Å². The third-order valence-corrected chi connectivity index (χ3v) is 8.20. The molecule has 0 bridgehead atoms. The number of anilines is 2. The van der Waals surface area contributed by atoms with E-state index in [2.05, 4.69) is 5.32 Å². The molecule has 0 unspecified atom stereocenters. The summed E-state index contributed by atoms with van der Waals surface area (Å²) in [6.07, 6.45) is 5.14. The van der Waals surface area contributed by atoms with E-state index in [1.807, 2.05) is 47.4 Å². The molecule has 1 saturated heterocycles. The van der Waals surface area contributed by atoms with Crippen molar-refractivity contribution < 1.29 is 23.7 Å². The van der Waals surface area contributed by atoms with Gasteiger partial charge < -0.3 is 14.6 Å². The average molecular weight is 532 g/mol. The number of para-hydroxylation sites is 2. The Morgan fingerprint density at radius 1 is 0.950 bits per heavy atom. The molecule has 1 N–H and O–H groups in total. The molecule has 3 aliphatic heterocycles. The summed E-state index contributed by atoms with van der Waals surface area (Å²) in [6, 6.07) is 21.3. The zero-order valence-corrected chi connectivity index (χ0v) is 20.9. The van der Waals surface area contributed by atoms with Gasteiger partial charge in [-0.3, -0.25) is 24.5 Å². The third-order valence-electron chi connectivity index (χ3n) is 8.20. The van der Waals surface area contributed by atoms with Crippen LogP contribution in [0.5, 0.6) is 0 Å². The minimum Gasteiger partial charge on any atom is -0.461 e. The lowest BCUT2D eigenvalue weighted by Gasteiger charge is -2.37. The Labute approximate surface area is 227 Å². The first-order chi connectivity index (χ1) is 19.4. The number of rotatable bonds is 5. The molecular weight excluding hydrogens is 510 g/mol. The fraction of sp³-hybridized carbons (Fsp3) is 0.129. The van der Waals surface area contributed by atoms with Crippen molar-refractivity contribution >= 4 is 40.6 Å². The Hall–Kier alpha value is -5.31. The lowest BCUT2D eigenvalue weighted by molar-refractivity contribution is -0.384. The van der Waals surface area contributed by atoms with Gasteiger partial charge in [0, 0.05) is 29.1 Å². The van der Waals surface area contributed by atoms with E-state index in [0.717, 1.165) is 5.56 Å². The van der Waals surface area contributed by atoms with Crippen molar-refractivity contribution in [2.75, 3.05) is 10.2 Å². The van der Waals surface area contributed by atoms with Crippen LogP contribution in [0.3, 0.4) is 0 Å². The van der Waals surface area contributed by atoms with Crippen LogP contribution in [-0.2, 0) is 10.2 Å². The van der Waals surface area contributed by atoms with Crippen molar-refractivity contribution in [3.63, 3.8) is 0 Å². The predicted molar refractivity (Wildman–Crippen MR) is 146 cm³/mol. The molecule has 3 aromatic carbocycles. The van der Waals surface area contributed by atoms with Gasteiger partial charge in [0.05, 0.1) is 23.1 Å². The highest BCUT2D eigenvalue weighted by Gasteiger charge is 2.70. The highest BCUT2D eigenvalue weighted by atomic mass is 16.6. The zero-order valence-electron chi connectivity index (χ0n) is 20.9. The minimum atomic E-state index is -1.48. The van der Waals surface area contributed by atoms with Crippen LogP contribution in [0.2, 0.25) is 0 Å². The van der Waals surface area contributed by atoms with Crippen molar-refractivity contribution in [1.82, 2.24) is 0 Å². The maximum Gasteiger partial charge on any atom is 0.270 e. The molecule has 9 heteroatoms. The number of ketones is 2. The van der Waals surface area contributed by atoms with E-state index >= 15 is 0 Å². The standard InChI is InChI=1S/C31H21N3O6/c35-28(19-8-5-9-20(17-19)34(38)39)27-26(29(36)24-13-6-16-40-24)31(21-10-2-3-11-22(21)32-30(31)37)25-15-14-18-7-1-4-12-23(18)33(25)27/h1-17,25-27H,(H,32,37)/t25-,26-,27+,31-/m1/s1. The summed E-state index contributed by atoms with van der Waals surface area (Å²) in [6.45, 7) is 0. The molecule has 196 valence electrons. The largest absolute Gasteiger partial charge is 0.461 e. The first kappa shape index (κ1) is 23.8. The van der Waals surface area contributed by atoms with Gasteiger partial charge in [-0.1, -0.05) is 60.7 Å². The Morgan fingerprint density at radius 3 is 2.55 bits per heavy atom. The van der Waals surface area contributed by atoms with E-state index in [0.29, 0.717) is 16.9 Å². The smallest absolute Gasteiger partial charge is 0.270 e. The van der Waals surface area contributed by atoms with E-state index in [4.69, 9.17) is 4.42 Å². The molecule has 0 saturated carbocycles. The fourth-order valence-corrected chi connectivity index (χ4v) is 6.64. The SMILES string of the molecule is O=C(c1cccc([N+](=O)[O-])c1)[C@@H]1[C@H](C(=O)c2ccco2)[C@]2(C(=O)Nc3ccccc32)[C@H]2C=Cc3ccccc3N12. The monoisotopic (exact) mass is 531 g/mol. The highest BCUT2D eigenvalue weighted by Crippen LogP contribution is 2.58. The van der Waals surface area contributed by atoms with Gasteiger partial charge in [-0.25, -0.2) is 0 Å². The maximum atomic E-state index is 14.5. The van der Waals surface area contributed by atoms with Crippen LogP contribution in [0.4, 0.5) is 17.1 Å². The number of carbonyl (C=O) groups excluding carboxylic acids is 3. The topological polar surface area (TPSA) is 123 Å². The summed E-state index contributed by atoms with van der Waals surface area (Å²) in [5, 5.41) is 14.5. The fourth-order valence-electron chi connectivity index (χ4n) is 6.64. The Balaban J connectivity index is 1.53. The number of nitrogens with zero attached hydrogens (tertiary/aromatic N) is 2.